The van der Waals surface area contributed by atoms with Gasteiger partial charge in [0.25, 0.3) is 0 Å². The van der Waals surface area contributed by atoms with Crippen LogP contribution in [0.3, 0.4) is 0 Å². The van der Waals surface area contributed by atoms with Crippen molar-refractivity contribution in [3.63, 3.8) is 0 Å². The third-order valence-corrected chi connectivity index (χ3v) is 7.92. The summed E-state index contributed by atoms with van der Waals surface area (Å²) in [6, 6.07) is 14.4. The smallest absolute Gasteiger partial charge is 0.218 e. The van der Waals surface area contributed by atoms with Crippen LogP contribution >= 0.6 is 0 Å². The second-order valence-electron chi connectivity index (χ2n) is 8.25. The quantitative estimate of drug-likeness (QED) is 0.723. The Bertz CT molecular complexity index is 967. The maximum Gasteiger partial charge on any atom is 0.218 e. The van der Waals surface area contributed by atoms with Gasteiger partial charge in [0.05, 0.1) is 12.9 Å². The van der Waals surface area contributed by atoms with Crippen molar-refractivity contribution in [2.75, 3.05) is 33.3 Å². The zero-order chi connectivity index (χ0) is 20.5. The maximum absolute atomic E-state index is 14.0. The van der Waals surface area contributed by atoms with Gasteiger partial charge in [-0.25, -0.2) is 17.1 Å². The van der Waals surface area contributed by atoms with Gasteiger partial charge in [-0.2, -0.15) is 0 Å². The first-order chi connectivity index (χ1) is 13.9. The Labute approximate surface area is 172 Å². The highest BCUT2D eigenvalue weighted by molar-refractivity contribution is 7.88. The topological polar surface area (TPSA) is 49.9 Å². The molecule has 4 rings (SSSR count). The summed E-state index contributed by atoms with van der Waals surface area (Å²) in [7, 11) is -1.86. The van der Waals surface area contributed by atoms with Gasteiger partial charge in [-0.05, 0) is 48.1 Å². The van der Waals surface area contributed by atoms with Crippen LogP contribution in [0.1, 0.15) is 24.0 Å². The van der Waals surface area contributed by atoms with E-state index in [4.69, 9.17) is 4.74 Å². The summed E-state index contributed by atoms with van der Waals surface area (Å²) in [5.41, 5.74) is 1.74. The van der Waals surface area contributed by atoms with Crippen molar-refractivity contribution in [3.8, 4) is 5.75 Å². The lowest BCUT2D eigenvalue weighted by atomic mass is 9.86. The Morgan fingerprint density at radius 1 is 1.03 bits per heavy atom. The van der Waals surface area contributed by atoms with Gasteiger partial charge in [-0.3, -0.25) is 4.90 Å². The standard InChI is InChI=1S/C22H27FN2O3S/c1-28-21-8-7-19(13-20(21)23)14-24-11-9-22(16-24)10-12-25(17-22)29(26,27)15-18-5-3-2-4-6-18/h2-8,13H,9-12,14-17H2,1H3/t22-/m1/s1. The van der Waals surface area contributed by atoms with Crippen LogP contribution in [-0.2, 0) is 22.3 Å². The van der Waals surface area contributed by atoms with E-state index in [2.05, 4.69) is 4.90 Å². The molecular weight excluding hydrogens is 391 g/mol. The summed E-state index contributed by atoms with van der Waals surface area (Å²) in [5.74, 6) is -0.0432. The average molecular weight is 419 g/mol. The number of hydrogen-bond donors (Lipinski definition) is 0. The van der Waals surface area contributed by atoms with Gasteiger partial charge >= 0.3 is 0 Å². The fraction of sp³-hybridized carbons (Fsp3) is 0.455. The first-order valence-electron chi connectivity index (χ1n) is 9.96. The maximum atomic E-state index is 14.0. The third kappa shape index (κ3) is 4.47. The molecule has 0 saturated carbocycles. The molecule has 2 fully saturated rings. The highest BCUT2D eigenvalue weighted by atomic mass is 32.2. The van der Waals surface area contributed by atoms with Gasteiger partial charge in [0.2, 0.25) is 10.0 Å². The molecule has 1 spiro atoms. The van der Waals surface area contributed by atoms with Crippen LogP contribution in [0.15, 0.2) is 48.5 Å². The number of rotatable bonds is 6. The number of hydrogen-bond acceptors (Lipinski definition) is 4. The fourth-order valence-electron chi connectivity index (χ4n) is 4.57. The van der Waals surface area contributed by atoms with Crippen molar-refractivity contribution in [1.82, 2.24) is 9.21 Å². The Balaban J connectivity index is 1.38. The summed E-state index contributed by atoms with van der Waals surface area (Å²) in [4.78, 5) is 2.30. The van der Waals surface area contributed by atoms with Crippen molar-refractivity contribution in [1.29, 1.82) is 0 Å². The molecule has 1 atom stereocenters. The van der Waals surface area contributed by atoms with E-state index in [9.17, 15) is 12.8 Å². The number of sulfonamides is 1. The summed E-state index contributed by atoms with van der Waals surface area (Å²) >= 11 is 0. The first-order valence-corrected chi connectivity index (χ1v) is 11.6. The lowest BCUT2D eigenvalue weighted by molar-refractivity contribution is 0.260. The molecule has 29 heavy (non-hydrogen) atoms. The highest BCUT2D eigenvalue weighted by Crippen LogP contribution is 2.41. The fourth-order valence-corrected chi connectivity index (χ4v) is 6.21. The van der Waals surface area contributed by atoms with E-state index in [1.165, 1.54) is 13.2 Å². The van der Waals surface area contributed by atoms with Gasteiger partial charge in [0, 0.05) is 26.2 Å². The molecule has 5 nitrogen and oxygen atoms in total. The molecule has 7 heteroatoms. The summed E-state index contributed by atoms with van der Waals surface area (Å²) < 4.78 is 46.4. The molecule has 2 aromatic carbocycles. The predicted octanol–water partition coefficient (Wildman–Crippen LogP) is 3.26. The Morgan fingerprint density at radius 2 is 1.79 bits per heavy atom. The molecule has 0 aliphatic carbocycles. The molecule has 2 heterocycles. The van der Waals surface area contributed by atoms with E-state index in [1.54, 1.807) is 10.4 Å². The average Bonchev–Trinajstić information content (AvgIpc) is 3.30. The molecule has 2 aliphatic heterocycles. The molecule has 0 radical (unpaired) electrons. The third-order valence-electron chi connectivity index (χ3n) is 6.13. The number of benzene rings is 2. The Hall–Kier alpha value is -1.96. The molecule has 0 amide bonds. The van der Waals surface area contributed by atoms with E-state index < -0.39 is 10.0 Å². The van der Waals surface area contributed by atoms with Crippen LogP contribution in [0.4, 0.5) is 4.39 Å². The Morgan fingerprint density at radius 3 is 2.52 bits per heavy atom. The molecule has 2 aromatic rings. The number of halogens is 1. The number of likely N-dealkylation sites (tertiary alicyclic amines) is 1. The number of nitrogens with zero attached hydrogens (tertiary/aromatic N) is 2. The monoisotopic (exact) mass is 418 g/mol. The molecule has 2 saturated heterocycles. The van der Waals surface area contributed by atoms with Gasteiger partial charge in [-0.1, -0.05) is 36.4 Å². The largest absolute Gasteiger partial charge is 0.494 e. The molecule has 156 valence electrons. The van der Waals surface area contributed by atoms with Gasteiger partial charge in [0.1, 0.15) is 0 Å². The van der Waals surface area contributed by atoms with Crippen LogP contribution in [0.5, 0.6) is 5.75 Å². The van der Waals surface area contributed by atoms with Crippen LogP contribution in [0.2, 0.25) is 0 Å². The first kappa shape index (κ1) is 20.3. The second kappa shape index (κ2) is 8.05. The SMILES string of the molecule is COc1ccc(CN2CC[C@@]3(CCN(S(=O)(=O)Cc4ccccc4)C3)C2)cc1F. The summed E-state index contributed by atoms with van der Waals surface area (Å²) in [6.07, 6.45) is 1.86. The van der Waals surface area contributed by atoms with Crippen molar-refractivity contribution >= 4 is 10.0 Å². The molecule has 0 bridgehead atoms. The van der Waals surface area contributed by atoms with E-state index in [0.29, 0.717) is 19.6 Å². The van der Waals surface area contributed by atoms with Crippen LogP contribution in [0, 0.1) is 11.2 Å². The van der Waals surface area contributed by atoms with E-state index in [0.717, 1.165) is 37.1 Å². The number of ether oxygens (including phenoxy) is 1. The Kier molecular flexibility index (Phi) is 5.64. The van der Waals surface area contributed by atoms with Crippen molar-refractivity contribution in [2.24, 2.45) is 5.41 Å². The van der Waals surface area contributed by atoms with E-state index in [1.807, 2.05) is 36.4 Å². The van der Waals surface area contributed by atoms with Crippen LogP contribution in [0.25, 0.3) is 0 Å². The zero-order valence-corrected chi connectivity index (χ0v) is 17.5. The minimum absolute atomic E-state index is 0.00870. The van der Waals surface area contributed by atoms with Crippen LogP contribution < -0.4 is 4.74 Å². The molecule has 0 N–H and O–H groups in total. The second-order valence-corrected chi connectivity index (χ2v) is 10.2. The summed E-state index contributed by atoms with van der Waals surface area (Å²) in [6.45, 7) is 3.58. The normalized spacial score (nSPS) is 23.1. The van der Waals surface area contributed by atoms with Crippen molar-refractivity contribution < 1.29 is 17.5 Å². The van der Waals surface area contributed by atoms with Crippen molar-refractivity contribution in [2.45, 2.75) is 25.1 Å². The summed E-state index contributed by atoms with van der Waals surface area (Å²) in [5, 5.41) is 0. The van der Waals surface area contributed by atoms with E-state index in [-0.39, 0.29) is 22.7 Å². The molecular formula is C22H27FN2O3S. The lowest BCUT2D eigenvalue weighted by Crippen LogP contribution is -2.34. The predicted molar refractivity (Wildman–Crippen MR) is 111 cm³/mol. The minimum atomic E-state index is -3.31. The van der Waals surface area contributed by atoms with E-state index >= 15 is 0 Å². The minimum Gasteiger partial charge on any atom is -0.494 e. The van der Waals surface area contributed by atoms with Gasteiger partial charge in [0.15, 0.2) is 11.6 Å². The zero-order valence-electron chi connectivity index (χ0n) is 16.7. The van der Waals surface area contributed by atoms with Crippen LogP contribution in [-0.4, -0.2) is 50.9 Å². The number of methoxy groups -OCH3 is 1. The highest BCUT2D eigenvalue weighted by Gasteiger charge is 2.46. The molecule has 2 aliphatic rings. The van der Waals surface area contributed by atoms with Gasteiger partial charge in [-0.15, -0.1) is 0 Å². The van der Waals surface area contributed by atoms with Crippen molar-refractivity contribution in [3.05, 3.63) is 65.5 Å². The molecule has 0 aromatic heterocycles. The van der Waals surface area contributed by atoms with Gasteiger partial charge < -0.3 is 4.74 Å². The molecule has 0 unspecified atom stereocenters. The lowest BCUT2D eigenvalue weighted by Gasteiger charge is -2.25.